The van der Waals surface area contributed by atoms with Gasteiger partial charge >= 0.3 is 6.09 Å². The number of ether oxygens (including phenoxy) is 1. The van der Waals surface area contributed by atoms with Crippen molar-refractivity contribution in [1.82, 2.24) is 19.8 Å². The molecule has 1 saturated heterocycles. The predicted octanol–water partition coefficient (Wildman–Crippen LogP) is 0.556. The van der Waals surface area contributed by atoms with Crippen LogP contribution in [0.25, 0.3) is 0 Å². The van der Waals surface area contributed by atoms with Crippen LogP contribution in [0.5, 0.6) is 0 Å². The van der Waals surface area contributed by atoms with Crippen molar-refractivity contribution in [3.8, 4) is 0 Å². The number of nitrogens with two attached hydrogens (primary N) is 1. The number of hydrogen-bond donors (Lipinski definition) is 1. The highest BCUT2D eigenvalue weighted by Crippen LogP contribution is 2.21. The largest absolute Gasteiger partial charge is 0.444 e. The molecule has 0 saturated carbocycles. The summed E-state index contributed by atoms with van der Waals surface area (Å²) in [6.45, 7) is 7.52. The third-order valence-corrected chi connectivity index (χ3v) is 3.50. The van der Waals surface area contributed by atoms with E-state index in [0.717, 1.165) is 0 Å². The summed E-state index contributed by atoms with van der Waals surface area (Å²) in [6.07, 6.45) is 4.24. The van der Waals surface area contributed by atoms with E-state index in [9.17, 15) is 9.59 Å². The molecule has 0 radical (unpaired) electrons. The molecule has 1 aromatic rings. The average Bonchev–Trinajstić information content (AvgIpc) is 2.47. The number of carbonyl (C=O) groups excluding carboxylic acids is 2. The van der Waals surface area contributed by atoms with Crippen LogP contribution in [-0.2, 0) is 9.53 Å². The molecule has 1 aliphatic heterocycles. The van der Waals surface area contributed by atoms with Gasteiger partial charge in [0.1, 0.15) is 18.0 Å². The summed E-state index contributed by atoms with van der Waals surface area (Å²) < 4.78 is 5.36. The van der Waals surface area contributed by atoms with E-state index in [1.807, 2.05) is 25.7 Å². The van der Waals surface area contributed by atoms with Crippen molar-refractivity contribution in [3.05, 3.63) is 24.3 Å². The molecule has 2 N–H and O–H groups in total. The Morgan fingerprint density at radius 1 is 1.17 bits per heavy atom. The van der Waals surface area contributed by atoms with Gasteiger partial charge in [-0.2, -0.15) is 0 Å². The highest BCUT2D eigenvalue weighted by atomic mass is 16.6. The van der Waals surface area contributed by atoms with Crippen molar-refractivity contribution < 1.29 is 14.3 Å². The number of amides is 2. The molecular weight excluding hydrogens is 298 g/mol. The Labute approximate surface area is 135 Å². The summed E-state index contributed by atoms with van der Waals surface area (Å²) in [5, 5.41) is 0. The van der Waals surface area contributed by atoms with E-state index in [0.29, 0.717) is 31.7 Å². The van der Waals surface area contributed by atoms with E-state index in [1.165, 1.54) is 6.33 Å². The van der Waals surface area contributed by atoms with E-state index in [1.54, 1.807) is 17.3 Å². The fraction of sp³-hybridized carbons (Fsp3) is 0.600. The zero-order valence-electron chi connectivity index (χ0n) is 13.7. The van der Waals surface area contributed by atoms with Crippen molar-refractivity contribution in [2.45, 2.75) is 32.4 Å². The first-order valence-electron chi connectivity index (χ1n) is 7.54. The molecule has 2 heterocycles. The molecular formula is C15H23N5O3. The molecule has 0 aliphatic carbocycles. The maximum atomic E-state index is 12.1. The number of nitrogens with zero attached hydrogens (tertiary/aromatic N) is 4. The summed E-state index contributed by atoms with van der Waals surface area (Å²) in [7, 11) is 0. The molecule has 0 spiro atoms. The van der Waals surface area contributed by atoms with E-state index < -0.39 is 17.6 Å². The molecule has 8 nitrogen and oxygen atoms in total. The van der Waals surface area contributed by atoms with Crippen molar-refractivity contribution in [1.29, 1.82) is 0 Å². The van der Waals surface area contributed by atoms with Crippen LogP contribution in [0, 0.1) is 0 Å². The average molecular weight is 321 g/mol. The second-order valence-electron chi connectivity index (χ2n) is 6.48. The van der Waals surface area contributed by atoms with Crippen LogP contribution >= 0.6 is 0 Å². The molecule has 1 atom stereocenters. The Balaban J connectivity index is 2.00. The number of piperazine rings is 1. The molecule has 2 rings (SSSR count). The summed E-state index contributed by atoms with van der Waals surface area (Å²) >= 11 is 0. The zero-order valence-corrected chi connectivity index (χ0v) is 13.7. The van der Waals surface area contributed by atoms with E-state index in [-0.39, 0.29) is 6.09 Å². The molecule has 0 bridgehead atoms. The van der Waals surface area contributed by atoms with Gasteiger partial charge in [0.25, 0.3) is 0 Å². The number of carbonyl (C=O) groups is 2. The Morgan fingerprint density at radius 2 is 1.74 bits per heavy atom. The maximum Gasteiger partial charge on any atom is 0.410 e. The molecule has 1 aliphatic rings. The van der Waals surface area contributed by atoms with Gasteiger partial charge in [0.2, 0.25) is 5.91 Å². The number of rotatable bonds is 3. The second-order valence-corrected chi connectivity index (χ2v) is 6.48. The quantitative estimate of drug-likeness (QED) is 0.872. The lowest BCUT2D eigenvalue weighted by Gasteiger charge is -2.38. The Kier molecular flexibility index (Phi) is 5.15. The van der Waals surface area contributed by atoms with Gasteiger partial charge in [0, 0.05) is 44.1 Å². The monoisotopic (exact) mass is 321 g/mol. The van der Waals surface area contributed by atoms with Crippen molar-refractivity contribution in [3.63, 3.8) is 0 Å². The van der Waals surface area contributed by atoms with Crippen LogP contribution in [0.1, 0.15) is 32.4 Å². The molecule has 23 heavy (non-hydrogen) atoms. The molecule has 1 fully saturated rings. The molecule has 0 aromatic carbocycles. The minimum atomic E-state index is -0.586. The first kappa shape index (κ1) is 17.1. The van der Waals surface area contributed by atoms with Gasteiger partial charge < -0.3 is 15.4 Å². The van der Waals surface area contributed by atoms with Crippen LogP contribution in [0.15, 0.2) is 18.7 Å². The molecule has 126 valence electrons. The Morgan fingerprint density at radius 3 is 2.22 bits per heavy atom. The van der Waals surface area contributed by atoms with E-state index >= 15 is 0 Å². The van der Waals surface area contributed by atoms with Gasteiger partial charge in [-0.25, -0.2) is 14.8 Å². The third kappa shape index (κ3) is 4.62. The van der Waals surface area contributed by atoms with Crippen LogP contribution < -0.4 is 5.73 Å². The molecule has 8 heteroatoms. The topological polar surface area (TPSA) is 102 Å². The lowest BCUT2D eigenvalue weighted by molar-refractivity contribution is -0.124. The standard InChI is InChI=1S/C15H23N5O3/c1-15(2,3)23-14(22)20-6-4-19(5-7-20)12(13(16)21)11-8-17-10-18-9-11/h8-10,12H,4-7H2,1-3H3,(H2,16,21). The highest BCUT2D eigenvalue weighted by molar-refractivity contribution is 5.81. The van der Waals surface area contributed by atoms with Gasteiger partial charge in [-0.05, 0) is 20.8 Å². The molecule has 1 unspecified atom stereocenters. The first-order chi connectivity index (χ1) is 10.8. The van der Waals surface area contributed by atoms with Crippen LogP contribution in [0.3, 0.4) is 0 Å². The Bertz CT molecular complexity index is 550. The van der Waals surface area contributed by atoms with Crippen LogP contribution in [0.4, 0.5) is 4.79 Å². The lowest BCUT2D eigenvalue weighted by atomic mass is 10.1. The fourth-order valence-electron chi connectivity index (χ4n) is 2.50. The van der Waals surface area contributed by atoms with E-state index in [2.05, 4.69) is 9.97 Å². The first-order valence-corrected chi connectivity index (χ1v) is 7.54. The van der Waals surface area contributed by atoms with Crippen molar-refractivity contribution >= 4 is 12.0 Å². The van der Waals surface area contributed by atoms with Crippen LogP contribution in [-0.4, -0.2) is 63.5 Å². The van der Waals surface area contributed by atoms with Gasteiger partial charge in [-0.3, -0.25) is 9.69 Å². The SMILES string of the molecule is CC(C)(C)OC(=O)N1CCN(C(C(N)=O)c2cncnc2)CC1. The predicted molar refractivity (Wildman–Crippen MR) is 83.3 cm³/mol. The summed E-state index contributed by atoms with van der Waals surface area (Å²) in [5.74, 6) is -0.453. The highest BCUT2D eigenvalue weighted by Gasteiger charge is 2.32. The van der Waals surface area contributed by atoms with Gasteiger partial charge in [-0.15, -0.1) is 0 Å². The van der Waals surface area contributed by atoms with Gasteiger partial charge in [0.05, 0.1) is 0 Å². The van der Waals surface area contributed by atoms with E-state index in [4.69, 9.17) is 10.5 Å². The lowest BCUT2D eigenvalue weighted by Crippen LogP contribution is -2.52. The molecule has 2 amide bonds. The van der Waals surface area contributed by atoms with Crippen LogP contribution in [0.2, 0.25) is 0 Å². The number of hydrogen-bond acceptors (Lipinski definition) is 6. The summed E-state index contributed by atoms with van der Waals surface area (Å²) in [4.78, 5) is 35.3. The minimum absolute atomic E-state index is 0.337. The minimum Gasteiger partial charge on any atom is -0.444 e. The summed E-state index contributed by atoms with van der Waals surface area (Å²) in [6, 6.07) is -0.586. The smallest absolute Gasteiger partial charge is 0.410 e. The zero-order chi connectivity index (χ0) is 17.0. The molecule has 1 aromatic heterocycles. The van der Waals surface area contributed by atoms with Crippen molar-refractivity contribution in [2.75, 3.05) is 26.2 Å². The van der Waals surface area contributed by atoms with Crippen molar-refractivity contribution in [2.24, 2.45) is 5.73 Å². The number of primary amides is 1. The fourth-order valence-corrected chi connectivity index (χ4v) is 2.50. The number of aromatic nitrogens is 2. The second kappa shape index (κ2) is 6.91. The summed E-state index contributed by atoms with van der Waals surface area (Å²) in [5.41, 5.74) is 5.67. The van der Waals surface area contributed by atoms with Gasteiger partial charge in [0.15, 0.2) is 0 Å². The normalized spacial score (nSPS) is 17.6. The third-order valence-electron chi connectivity index (χ3n) is 3.50. The Hall–Kier alpha value is -2.22. The van der Waals surface area contributed by atoms with Gasteiger partial charge in [-0.1, -0.05) is 0 Å². The maximum absolute atomic E-state index is 12.1.